The van der Waals surface area contributed by atoms with Gasteiger partial charge in [-0.25, -0.2) is 0 Å². The van der Waals surface area contributed by atoms with E-state index in [1.807, 2.05) is 18.2 Å². The largest absolute Gasteiger partial charge is 0.371 e. The van der Waals surface area contributed by atoms with Gasteiger partial charge in [-0.2, -0.15) is 0 Å². The zero-order chi connectivity index (χ0) is 12.8. The molecule has 92 valence electrons. The van der Waals surface area contributed by atoms with Gasteiger partial charge >= 0.3 is 0 Å². The first-order valence-electron chi connectivity index (χ1n) is 5.60. The van der Waals surface area contributed by atoms with E-state index in [0.717, 1.165) is 28.8 Å². The van der Waals surface area contributed by atoms with E-state index in [-0.39, 0.29) is 0 Å². The normalized spacial score (nSPS) is 10.8. The van der Waals surface area contributed by atoms with Gasteiger partial charge in [0.1, 0.15) is 0 Å². The van der Waals surface area contributed by atoms with Gasteiger partial charge in [0.15, 0.2) is 0 Å². The number of anilines is 1. The van der Waals surface area contributed by atoms with E-state index in [4.69, 9.17) is 5.73 Å². The number of hydrogen-bond acceptors (Lipinski definition) is 2. The topological polar surface area (TPSA) is 46.3 Å². The molecule has 2 N–H and O–H groups in total. The van der Waals surface area contributed by atoms with Gasteiger partial charge < -0.3 is 10.6 Å². The van der Waals surface area contributed by atoms with Crippen molar-refractivity contribution >= 4 is 33.6 Å². The Kier molecular flexibility index (Phi) is 5.22. The molecular formula is C13H17BrN2O. The van der Waals surface area contributed by atoms with E-state index < -0.39 is 5.91 Å². The monoisotopic (exact) mass is 296 g/mol. The fourth-order valence-electron chi connectivity index (χ4n) is 1.63. The molecule has 1 rings (SSSR count). The minimum atomic E-state index is -0.436. The first-order valence-corrected chi connectivity index (χ1v) is 6.39. The van der Waals surface area contributed by atoms with Crippen LogP contribution in [0.2, 0.25) is 0 Å². The summed E-state index contributed by atoms with van der Waals surface area (Å²) in [5, 5.41) is 0. The number of nitrogens with two attached hydrogens (primary N) is 1. The number of hydrogen-bond donors (Lipinski definition) is 1. The fraction of sp³-hybridized carbons (Fsp3) is 0.308. The molecule has 0 bridgehead atoms. The molecule has 4 heteroatoms. The lowest BCUT2D eigenvalue weighted by atomic mass is 10.2. The average Bonchev–Trinajstić information content (AvgIpc) is 2.30. The Morgan fingerprint density at radius 1 is 1.41 bits per heavy atom. The molecule has 1 aromatic carbocycles. The van der Waals surface area contributed by atoms with Gasteiger partial charge in [-0.3, -0.25) is 4.79 Å². The summed E-state index contributed by atoms with van der Waals surface area (Å²) in [5.41, 5.74) is 7.16. The van der Waals surface area contributed by atoms with Crippen LogP contribution in [0.15, 0.2) is 28.7 Å². The third-order valence-electron chi connectivity index (χ3n) is 2.52. The summed E-state index contributed by atoms with van der Waals surface area (Å²) in [5.74, 6) is -0.436. The average molecular weight is 297 g/mol. The van der Waals surface area contributed by atoms with Crippen molar-refractivity contribution in [2.24, 2.45) is 5.73 Å². The van der Waals surface area contributed by atoms with Crippen LogP contribution in [0.25, 0.3) is 6.08 Å². The molecule has 3 nitrogen and oxygen atoms in total. The number of halogens is 1. The summed E-state index contributed by atoms with van der Waals surface area (Å²) >= 11 is 3.54. The van der Waals surface area contributed by atoms with Crippen LogP contribution in [-0.4, -0.2) is 19.0 Å². The van der Waals surface area contributed by atoms with Crippen LogP contribution in [0.3, 0.4) is 0 Å². The Hall–Kier alpha value is -1.29. The van der Waals surface area contributed by atoms with Crippen molar-refractivity contribution in [2.75, 3.05) is 18.0 Å². The first kappa shape index (κ1) is 13.8. The molecule has 0 aromatic heterocycles. The van der Waals surface area contributed by atoms with Crippen molar-refractivity contribution in [2.45, 2.75) is 13.8 Å². The molecule has 0 atom stereocenters. The highest BCUT2D eigenvalue weighted by atomic mass is 79.9. The summed E-state index contributed by atoms with van der Waals surface area (Å²) < 4.78 is 1.02. The maximum absolute atomic E-state index is 10.6. The van der Waals surface area contributed by atoms with Gasteiger partial charge in [0.05, 0.1) is 5.69 Å². The molecule has 0 aliphatic heterocycles. The van der Waals surface area contributed by atoms with E-state index in [9.17, 15) is 4.79 Å². The van der Waals surface area contributed by atoms with Gasteiger partial charge in [-0.05, 0) is 53.5 Å². The third-order valence-corrected chi connectivity index (χ3v) is 3.15. The molecule has 17 heavy (non-hydrogen) atoms. The van der Waals surface area contributed by atoms with Gasteiger partial charge in [0.2, 0.25) is 5.91 Å². The van der Waals surface area contributed by atoms with Crippen LogP contribution < -0.4 is 10.6 Å². The molecule has 0 spiro atoms. The molecule has 0 saturated heterocycles. The van der Waals surface area contributed by atoms with E-state index in [1.165, 1.54) is 6.08 Å². The number of carbonyl (C=O) groups excluding carboxylic acids is 1. The van der Waals surface area contributed by atoms with Gasteiger partial charge in [0, 0.05) is 23.6 Å². The van der Waals surface area contributed by atoms with Gasteiger partial charge in [-0.15, -0.1) is 0 Å². The molecule has 1 aromatic rings. The molecule has 0 heterocycles. The van der Waals surface area contributed by atoms with E-state index in [0.29, 0.717) is 0 Å². The highest BCUT2D eigenvalue weighted by molar-refractivity contribution is 9.10. The molecular weight excluding hydrogens is 280 g/mol. The van der Waals surface area contributed by atoms with E-state index in [2.05, 4.69) is 34.7 Å². The number of benzene rings is 1. The van der Waals surface area contributed by atoms with Crippen molar-refractivity contribution in [1.82, 2.24) is 0 Å². The standard InChI is InChI=1S/C13H17BrN2O/c1-3-16(4-2)12-7-5-10(9-11(12)14)6-8-13(15)17/h5-9H,3-4H2,1-2H3,(H2,15,17). The lowest BCUT2D eigenvalue weighted by Gasteiger charge is -2.22. The Morgan fingerprint density at radius 2 is 2.06 bits per heavy atom. The highest BCUT2D eigenvalue weighted by Gasteiger charge is 2.06. The molecule has 0 unspecified atom stereocenters. The molecule has 0 aliphatic carbocycles. The van der Waals surface area contributed by atoms with Gasteiger partial charge in [0.25, 0.3) is 0 Å². The van der Waals surface area contributed by atoms with Crippen LogP contribution in [-0.2, 0) is 4.79 Å². The predicted octanol–water partition coefficient (Wildman–Crippen LogP) is 2.79. The number of nitrogens with zero attached hydrogens (tertiary/aromatic N) is 1. The summed E-state index contributed by atoms with van der Waals surface area (Å²) in [6, 6.07) is 5.99. The molecule has 0 saturated carbocycles. The summed E-state index contributed by atoms with van der Waals surface area (Å²) in [6.07, 6.45) is 3.07. The maximum Gasteiger partial charge on any atom is 0.241 e. The Morgan fingerprint density at radius 3 is 2.53 bits per heavy atom. The Labute approximate surface area is 110 Å². The van der Waals surface area contributed by atoms with Crippen molar-refractivity contribution in [3.63, 3.8) is 0 Å². The molecule has 1 amide bonds. The second kappa shape index (κ2) is 6.45. The molecule has 0 fully saturated rings. The first-order chi connectivity index (χ1) is 8.08. The zero-order valence-corrected chi connectivity index (χ0v) is 11.7. The second-order valence-electron chi connectivity index (χ2n) is 3.62. The van der Waals surface area contributed by atoms with Crippen LogP contribution in [0, 0.1) is 0 Å². The van der Waals surface area contributed by atoms with Crippen molar-refractivity contribution in [1.29, 1.82) is 0 Å². The maximum atomic E-state index is 10.6. The van der Waals surface area contributed by atoms with Crippen LogP contribution in [0.1, 0.15) is 19.4 Å². The van der Waals surface area contributed by atoms with Crippen LogP contribution in [0.4, 0.5) is 5.69 Å². The number of primary amides is 1. The second-order valence-corrected chi connectivity index (χ2v) is 4.47. The van der Waals surface area contributed by atoms with Gasteiger partial charge in [-0.1, -0.05) is 6.07 Å². The van der Waals surface area contributed by atoms with E-state index >= 15 is 0 Å². The number of rotatable bonds is 5. The number of carbonyl (C=O) groups is 1. The van der Waals surface area contributed by atoms with Crippen LogP contribution in [0.5, 0.6) is 0 Å². The Bertz CT molecular complexity index is 425. The smallest absolute Gasteiger partial charge is 0.241 e. The quantitative estimate of drug-likeness (QED) is 0.849. The predicted molar refractivity (Wildman–Crippen MR) is 75.9 cm³/mol. The highest BCUT2D eigenvalue weighted by Crippen LogP contribution is 2.27. The summed E-state index contributed by atoms with van der Waals surface area (Å²) in [4.78, 5) is 12.9. The fourth-order valence-corrected chi connectivity index (χ4v) is 2.27. The van der Waals surface area contributed by atoms with Crippen molar-refractivity contribution in [3.8, 4) is 0 Å². The number of amides is 1. The van der Waals surface area contributed by atoms with Crippen LogP contribution >= 0.6 is 15.9 Å². The molecule has 0 aliphatic rings. The zero-order valence-electron chi connectivity index (χ0n) is 10.1. The minimum Gasteiger partial charge on any atom is -0.371 e. The molecule has 0 radical (unpaired) electrons. The van der Waals surface area contributed by atoms with Crippen molar-refractivity contribution in [3.05, 3.63) is 34.3 Å². The van der Waals surface area contributed by atoms with Crippen molar-refractivity contribution < 1.29 is 4.79 Å². The third kappa shape index (κ3) is 3.89. The lowest BCUT2D eigenvalue weighted by molar-refractivity contribution is -0.113. The summed E-state index contributed by atoms with van der Waals surface area (Å²) in [6.45, 7) is 6.17. The minimum absolute atomic E-state index is 0.436. The van der Waals surface area contributed by atoms with E-state index in [1.54, 1.807) is 6.08 Å². The summed E-state index contributed by atoms with van der Waals surface area (Å²) in [7, 11) is 0. The lowest BCUT2D eigenvalue weighted by Crippen LogP contribution is -2.22. The SMILES string of the molecule is CCN(CC)c1ccc(C=CC(N)=O)cc1Br. The Balaban J connectivity index is 2.97.